The van der Waals surface area contributed by atoms with Crippen LogP contribution in [0.4, 0.5) is 5.69 Å². The fourth-order valence-electron chi connectivity index (χ4n) is 2.47. The lowest BCUT2D eigenvalue weighted by molar-refractivity contribution is -0.116. The lowest BCUT2D eigenvalue weighted by Crippen LogP contribution is -2.24. The number of benzene rings is 1. The maximum atomic E-state index is 12.4. The molecular weight excluding hydrogens is 372 g/mol. The van der Waals surface area contributed by atoms with E-state index in [0.717, 1.165) is 4.68 Å². The summed E-state index contributed by atoms with van der Waals surface area (Å²) in [5, 5.41) is 10.0. The Kier molecular flexibility index (Phi) is 5.72. The number of fused-ring (bicyclic) bond motifs is 1. The molecule has 2 heterocycles. The number of anilines is 1. The summed E-state index contributed by atoms with van der Waals surface area (Å²) in [5.74, 6) is -1.06. The van der Waals surface area contributed by atoms with Gasteiger partial charge in [0.2, 0.25) is 18.4 Å². The van der Waals surface area contributed by atoms with Gasteiger partial charge >= 0.3 is 11.9 Å². The highest BCUT2D eigenvalue weighted by atomic mass is 16.7. The zero-order valence-electron chi connectivity index (χ0n) is 15.3. The number of ether oxygens (including phenoxy) is 4. The average Bonchev–Trinajstić information content (AvgIpc) is 3.28. The Morgan fingerprint density at radius 1 is 1.11 bits per heavy atom. The van der Waals surface area contributed by atoms with Crippen molar-refractivity contribution in [1.29, 1.82) is 0 Å². The molecule has 1 aromatic heterocycles. The van der Waals surface area contributed by atoms with Crippen molar-refractivity contribution in [2.24, 2.45) is 0 Å². The molecule has 28 heavy (non-hydrogen) atoms. The van der Waals surface area contributed by atoms with Crippen LogP contribution in [-0.4, -0.2) is 52.8 Å². The van der Waals surface area contributed by atoms with E-state index in [1.807, 2.05) is 0 Å². The first-order chi connectivity index (χ1) is 13.5. The van der Waals surface area contributed by atoms with E-state index < -0.39 is 17.8 Å². The van der Waals surface area contributed by atoms with Crippen molar-refractivity contribution < 1.29 is 33.3 Å². The summed E-state index contributed by atoms with van der Waals surface area (Å²) in [6.07, 6.45) is 0. The predicted octanol–water partition coefficient (Wildman–Crippen LogP) is 0.999. The van der Waals surface area contributed by atoms with Gasteiger partial charge in [-0.05, 0) is 26.0 Å². The molecule has 1 amide bonds. The van der Waals surface area contributed by atoms with E-state index in [1.54, 1.807) is 32.0 Å². The van der Waals surface area contributed by atoms with Crippen LogP contribution in [0, 0.1) is 0 Å². The summed E-state index contributed by atoms with van der Waals surface area (Å²) in [6, 6.07) is 4.91. The zero-order chi connectivity index (χ0) is 20.1. The Morgan fingerprint density at radius 2 is 1.82 bits per heavy atom. The van der Waals surface area contributed by atoms with Gasteiger partial charge in [-0.2, -0.15) is 0 Å². The molecule has 0 atom stereocenters. The minimum atomic E-state index is -0.827. The third kappa shape index (κ3) is 4.03. The number of carbonyl (C=O) groups is 3. The first-order valence-corrected chi connectivity index (χ1v) is 8.50. The summed E-state index contributed by atoms with van der Waals surface area (Å²) >= 11 is 0. The van der Waals surface area contributed by atoms with Gasteiger partial charge in [0.1, 0.15) is 6.54 Å². The molecule has 0 radical (unpaired) electrons. The number of hydrogen-bond acceptors (Lipinski definition) is 9. The quantitative estimate of drug-likeness (QED) is 0.688. The van der Waals surface area contributed by atoms with Crippen molar-refractivity contribution in [3.63, 3.8) is 0 Å². The van der Waals surface area contributed by atoms with E-state index in [9.17, 15) is 14.4 Å². The summed E-state index contributed by atoms with van der Waals surface area (Å²) in [5.41, 5.74) is -0.0880. The number of nitrogens with zero attached hydrogens (tertiary/aromatic N) is 3. The predicted molar refractivity (Wildman–Crippen MR) is 93.1 cm³/mol. The van der Waals surface area contributed by atoms with Crippen molar-refractivity contribution in [2.75, 3.05) is 25.3 Å². The number of rotatable bonds is 7. The molecule has 11 heteroatoms. The summed E-state index contributed by atoms with van der Waals surface area (Å²) in [4.78, 5) is 36.6. The molecule has 1 aliphatic heterocycles. The highest BCUT2D eigenvalue weighted by Crippen LogP contribution is 2.34. The largest absolute Gasteiger partial charge is 0.461 e. The first-order valence-electron chi connectivity index (χ1n) is 8.50. The van der Waals surface area contributed by atoms with Gasteiger partial charge in [-0.15, -0.1) is 5.10 Å². The Hall–Kier alpha value is -3.63. The van der Waals surface area contributed by atoms with E-state index in [1.165, 1.54) is 0 Å². The van der Waals surface area contributed by atoms with Crippen LogP contribution in [-0.2, 0) is 20.8 Å². The second-order valence-electron chi connectivity index (χ2n) is 5.50. The van der Waals surface area contributed by atoms with Gasteiger partial charge < -0.3 is 24.3 Å². The molecule has 0 fully saturated rings. The molecule has 0 spiro atoms. The lowest BCUT2D eigenvalue weighted by Gasteiger charge is -2.09. The van der Waals surface area contributed by atoms with Crippen LogP contribution in [0.2, 0.25) is 0 Å². The van der Waals surface area contributed by atoms with Crippen LogP contribution in [0.5, 0.6) is 11.5 Å². The number of carbonyl (C=O) groups excluding carboxylic acids is 3. The van der Waals surface area contributed by atoms with E-state index >= 15 is 0 Å². The smallest absolute Gasteiger partial charge is 0.361 e. The molecule has 1 aromatic carbocycles. The van der Waals surface area contributed by atoms with Crippen LogP contribution in [0.15, 0.2) is 18.2 Å². The monoisotopic (exact) mass is 390 g/mol. The molecule has 2 aromatic rings. The van der Waals surface area contributed by atoms with Gasteiger partial charge in [0.25, 0.3) is 0 Å². The van der Waals surface area contributed by atoms with Crippen molar-refractivity contribution in [3.8, 4) is 11.5 Å². The van der Waals surface area contributed by atoms with E-state index in [-0.39, 0.29) is 37.9 Å². The van der Waals surface area contributed by atoms with Crippen molar-refractivity contribution in [3.05, 3.63) is 29.6 Å². The fraction of sp³-hybridized carbons (Fsp3) is 0.353. The molecular formula is C17H18N4O7. The van der Waals surface area contributed by atoms with Gasteiger partial charge in [0, 0.05) is 11.8 Å². The molecule has 0 saturated heterocycles. The summed E-state index contributed by atoms with van der Waals surface area (Å²) in [6.45, 7) is 3.15. The number of aromatic nitrogens is 3. The average molecular weight is 390 g/mol. The second kappa shape index (κ2) is 8.37. The van der Waals surface area contributed by atoms with Gasteiger partial charge in [0.05, 0.1) is 13.2 Å². The summed E-state index contributed by atoms with van der Waals surface area (Å²) < 4.78 is 21.3. The van der Waals surface area contributed by atoms with Gasteiger partial charge in [-0.1, -0.05) is 5.21 Å². The number of amides is 1. The van der Waals surface area contributed by atoms with Gasteiger partial charge in [-0.3, -0.25) is 4.79 Å². The van der Waals surface area contributed by atoms with Crippen LogP contribution in [0.1, 0.15) is 34.8 Å². The standard InChI is InChI=1S/C17H18N4O7/c1-3-25-16(23)14-15(17(24)26-4-2)21(20-19-14)8-13(22)18-10-5-6-11-12(7-10)28-9-27-11/h5-7H,3-4,8-9H2,1-2H3,(H,18,22). The van der Waals surface area contributed by atoms with Crippen LogP contribution >= 0.6 is 0 Å². The molecule has 0 aliphatic carbocycles. The van der Waals surface area contributed by atoms with Gasteiger partial charge in [0.15, 0.2) is 17.2 Å². The van der Waals surface area contributed by atoms with Crippen LogP contribution in [0.25, 0.3) is 0 Å². The van der Waals surface area contributed by atoms with E-state index in [0.29, 0.717) is 17.2 Å². The Labute approximate surface area is 159 Å². The van der Waals surface area contributed by atoms with Crippen molar-refractivity contribution >= 4 is 23.5 Å². The molecule has 1 aliphatic rings. The van der Waals surface area contributed by atoms with Crippen LogP contribution in [0.3, 0.4) is 0 Å². The Morgan fingerprint density at radius 3 is 2.57 bits per heavy atom. The molecule has 11 nitrogen and oxygen atoms in total. The lowest BCUT2D eigenvalue weighted by atomic mass is 10.2. The third-order valence-corrected chi connectivity index (χ3v) is 3.62. The van der Waals surface area contributed by atoms with Crippen molar-refractivity contribution in [1.82, 2.24) is 15.0 Å². The molecule has 3 rings (SSSR count). The highest BCUT2D eigenvalue weighted by molar-refractivity contribution is 6.01. The number of esters is 2. The fourth-order valence-corrected chi connectivity index (χ4v) is 2.47. The molecule has 0 unspecified atom stereocenters. The van der Waals surface area contributed by atoms with E-state index in [4.69, 9.17) is 18.9 Å². The minimum Gasteiger partial charge on any atom is -0.461 e. The topological polar surface area (TPSA) is 131 Å². The molecule has 0 saturated carbocycles. The SMILES string of the molecule is CCOC(=O)c1nnn(CC(=O)Nc2ccc3c(c2)OCO3)c1C(=O)OCC. The first kappa shape index (κ1) is 19.1. The normalized spacial score (nSPS) is 11.8. The zero-order valence-corrected chi connectivity index (χ0v) is 15.3. The number of hydrogen-bond donors (Lipinski definition) is 1. The molecule has 1 N–H and O–H groups in total. The van der Waals surface area contributed by atoms with Gasteiger partial charge in [-0.25, -0.2) is 14.3 Å². The Bertz CT molecular complexity index is 909. The van der Waals surface area contributed by atoms with E-state index in [2.05, 4.69) is 15.6 Å². The summed E-state index contributed by atoms with van der Waals surface area (Å²) in [7, 11) is 0. The second-order valence-corrected chi connectivity index (χ2v) is 5.50. The van der Waals surface area contributed by atoms with Crippen molar-refractivity contribution in [2.45, 2.75) is 20.4 Å². The highest BCUT2D eigenvalue weighted by Gasteiger charge is 2.28. The molecule has 0 bridgehead atoms. The number of nitrogens with one attached hydrogen (secondary N) is 1. The molecule has 148 valence electrons. The maximum Gasteiger partial charge on any atom is 0.361 e. The third-order valence-electron chi connectivity index (χ3n) is 3.62. The van der Waals surface area contributed by atoms with Crippen LogP contribution < -0.4 is 14.8 Å². The maximum absolute atomic E-state index is 12.4. The minimum absolute atomic E-state index is 0.0790. The Balaban J connectivity index is 1.77.